The molecule has 0 radical (unpaired) electrons. The summed E-state index contributed by atoms with van der Waals surface area (Å²) in [6, 6.07) is 0. The summed E-state index contributed by atoms with van der Waals surface area (Å²) in [7, 11) is 0. The molecule has 0 bridgehead atoms. The maximum absolute atomic E-state index is 4.33. The molecule has 0 N–H and O–H groups in total. The van der Waals surface area contributed by atoms with Gasteiger partial charge in [-0.3, -0.25) is 9.98 Å². The van der Waals surface area contributed by atoms with Gasteiger partial charge in [0.2, 0.25) is 0 Å². The van der Waals surface area contributed by atoms with Crippen molar-refractivity contribution in [2.75, 3.05) is 13.1 Å². The summed E-state index contributed by atoms with van der Waals surface area (Å²) in [5.41, 5.74) is 1.11. The number of rotatable bonds is 4. The van der Waals surface area contributed by atoms with Gasteiger partial charge in [0.05, 0.1) is 5.71 Å². The Balaban J connectivity index is 4.11. The molecular formula is C9H18N2. The van der Waals surface area contributed by atoms with Gasteiger partial charge < -0.3 is 0 Å². The number of aliphatic imine (C=N–C) groups is 2. The standard InChI is InChI=1S/C9H18N2/c1-5-10-7-9(8(3)4)11-6-2/h7-8H,5-6H2,1-4H3. The van der Waals surface area contributed by atoms with Gasteiger partial charge in [0, 0.05) is 19.3 Å². The molecule has 2 heteroatoms. The summed E-state index contributed by atoms with van der Waals surface area (Å²) in [5.74, 6) is 0.491. The summed E-state index contributed by atoms with van der Waals surface area (Å²) in [4.78, 5) is 8.48. The Morgan fingerprint density at radius 1 is 1.27 bits per heavy atom. The largest absolute Gasteiger partial charge is 0.292 e. The van der Waals surface area contributed by atoms with Gasteiger partial charge in [-0.05, 0) is 19.8 Å². The van der Waals surface area contributed by atoms with Crippen molar-refractivity contribution < 1.29 is 0 Å². The minimum absolute atomic E-state index is 0.491. The van der Waals surface area contributed by atoms with Crippen LogP contribution in [0.2, 0.25) is 0 Å². The molecule has 2 nitrogen and oxygen atoms in total. The van der Waals surface area contributed by atoms with E-state index in [2.05, 4.69) is 23.8 Å². The predicted molar refractivity (Wildman–Crippen MR) is 51.8 cm³/mol. The molecule has 0 aliphatic carbocycles. The van der Waals surface area contributed by atoms with Crippen LogP contribution < -0.4 is 0 Å². The van der Waals surface area contributed by atoms with Gasteiger partial charge >= 0.3 is 0 Å². The third-order valence-corrected chi connectivity index (χ3v) is 1.34. The molecule has 0 unspecified atom stereocenters. The van der Waals surface area contributed by atoms with Crippen molar-refractivity contribution in [3.63, 3.8) is 0 Å². The third-order valence-electron chi connectivity index (χ3n) is 1.34. The summed E-state index contributed by atoms with van der Waals surface area (Å²) >= 11 is 0. The highest BCUT2D eigenvalue weighted by Crippen LogP contribution is 1.95. The summed E-state index contributed by atoms with van der Waals surface area (Å²) in [6.45, 7) is 10.0. The maximum atomic E-state index is 4.33. The lowest BCUT2D eigenvalue weighted by molar-refractivity contribution is 0.884. The molecule has 0 aliphatic heterocycles. The summed E-state index contributed by atoms with van der Waals surface area (Å²) < 4.78 is 0. The molecule has 0 spiro atoms. The summed E-state index contributed by atoms with van der Waals surface area (Å²) in [6.07, 6.45) is 1.88. The molecule has 0 fully saturated rings. The smallest absolute Gasteiger partial charge is 0.0551 e. The Hall–Kier alpha value is -0.660. The molecule has 64 valence electrons. The first kappa shape index (κ1) is 10.3. The number of nitrogens with zero attached hydrogens (tertiary/aromatic N) is 2. The molecule has 0 saturated heterocycles. The van der Waals surface area contributed by atoms with Crippen LogP contribution in [0.25, 0.3) is 0 Å². The van der Waals surface area contributed by atoms with Crippen LogP contribution in [0.4, 0.5) is 0 Å². The van der Waals surface area contributed by atoms with Crippen LogP contribution >= 0.6 is 0 Å². The topological polar surface area (TPSA) is 24.7 Å². The van der Waals surface area contributed by atoms with E-state index in [-0.39, 0.29) is 0 Å². The van der Waals surface area contributed by atoms with Crippen molar-refractivity contribution in [1.29, 1.82) is 0 Å². The zero-order valence-electron chi connectivity index (χ0n) is 7.96. The van der Waals surface area contributed by atoms with Gasteiger partial charge in [-0.2, -0.15) is 0 Å². The molecular weight excluding hydrogens is 136 g/mol. The Morgan fingerprint density at radius 2 is 1.91 bits per heavy atom. The van der Waals surface area contributed by atoms with Crippen LogP contribution in [0, 0.1) is 5.92 Å². The first-order valence-electron chi connectivity index (χ1n) is 4.26. The van der Waals surface area contributed by atoms with Crippen LogP contribution in [-0.4, -0.2) is 25.0 Å². The minimum atomic E-state index is 0.491. The first-order valence-corrected chi connectivity index (χ1v) is 4.26. The van der Waals surface area contributed by atoms with Gasteiger partial charge in [0.25, 0.3) is 0 Å². The van der Waals surface area contributed by atoms with E-state index in [1.54, 1.807) is 0 Å². The molecule has 0 saturated carbocycles. The lowest BCUT2D eigenvalue weighted by Gasteiger charge is -2.02. The predicted octanol–water partition coefficient (Wildman–Crippen LogP) is 2.19. The monoisotopic (exact) mass is 154 g/mol. The van der Waals surface area contributed by atoms with Gasteiger partial charge in [0.1, 0.15) is 0 Å². The molecule has 0 aromatic heterocycles. The SMILES string of the molecule is CCN=CC(=NCC)C(C)C. The van der Waals surface area contributed by atoms with Crippen molar-refractivity contribution in [3.05, 3.63) is 0 Å². The van der Waals surface area contributed by atoms with Gasteiger partial charge in [-0.25, -0.2) is 0 Å². The highest BCUT2D eigenvalue weighted by Gasteiger charge is 1.99. The molecule has 11 heavy (non-hydrogen) atoms. The highest BCUT2D eigenvalue weighted by molar-refractivity contribution is 6.31. The average molecular weight is 154 g/mol. The van der Waals surface area contributed by atoms with Crippen LogP contribution in [-0.2, 0) is 0 Å². The Labute approximate surface area is 69.4 Å². The van der Waals surface area contributed by atoms with E-state index >= 15 is 0 Å². The van der Waals surface area contributed by atoms with E-state index < -0.39 is 0 Å². The molecule has 0 aliphatic rings. The van der Waals surface area contributed by atoms with Crippen LogP contribution in [0.15, 0.2) is 9.98 Å². The van der Waals surface area contributed by atoms with Gasteiger partial charge in [0.15, 0.2) is 0 Å². The second kappa shape index (κ2) is 6.08. The second-order valence-corrected chi connectivity index (χ2v) is 2.68. The fourth-order valence-electron chi connectivity index (χ4n) is 0.740. The summed E-state index contributed by atoms with van der Waals surface area (Å²) in [5, 5.41) is 0. The van der Waals surface area contributed by atoms with E-state index in [0.717, 1.165) is 18.8 Å². The van der Waals surface area contributed by atoms with Gasteiger partial charge in [-0.1, -0.05) is 13.8 Å². The molecule has 0 aromatic carbocycles. The van der Waals surface area contributed by atoms with E-state index in [0.29, 0.717) is 5.92 Å². The van der Waals surface area contributed by atoms with Crippen LogP contribution in [0.3, 0.4) is 0 Å². The Kier molecular flexibility index (Phi) is 5.71. The Bertz CT molecular complexity index is 146. The zero-order valence-corrected chi connectivity index (χ0v) is 7.96. The molecule has 0 atom stereocenters. The van der Waals surface area contributed by atoms with E-state index in [1.807, 2.05) is 20.1 Å². The lowest BCUT2D eigenvalue weighted by atomic mass is 10.1. The quantitative estimate of drug-likeness (QED) is 0.555. The second-order valence-electron chi connectivity index (χ2n) is 2.68. The van der Waals surface area contributed by atoms with Crippen LogP contribution in [0.1, 0.15) is 27.7 Å². The van der Waals surface area contributed by atoms with E-state index in [1.165, 1.54) is 0 Å². The van der Waals surface area contributed by atoms with Crippen LogP contribution in [0.5, 0.6) is 0 Å². The maximum Gasteiger partial charge on any atom is 0.0551 e. The normalized spacial score (nSPS) is 13.4. The molecule has 0 amide bonds. The van der Waals surface area contributed by atoms with Gasteiger partial charge in [-0.15, -0.1) is 0 Å². The Morgan fingerprint density at radius 3 is 2.27 bits per heavy atom. The highest BCUT2D eigenvalue weighted by atomic mass is 14.8. The fourth-order valence-corrected chi connectivity index (χ4v) is 0.740. The minimum Gasteiger partial charge on any atom is -0.292 e. The van der Waals surface area contributed by atoms with Crippen molar-refractivity contribution in [2.45, 2.75) is 27.7 Å². The zero-order chi connectivity index (χ0) is 8.69. The molecule has 0 rings (SSSR count). The average Bonchev–Trinajstić information content (AvgIpc) is 1.97. The third kappa shape index (κ3) is 4.71. The van der Waals surface area contributed by atoms with E-state index in [4.69, 9.17) is 0 Å². The number of hydrogen-bond acceptors (Lipinski definition) is 2. The molecule has 0 heterocycles. The lowest BCUT2D eigenvalue weighted by Crippen LogP contribution is -2.09. The fraction of sp³-hybridized carbons (Fsp3) is 0.778. The van der Waals surface area contributed by atoms with Crippen molar-refractivity contribution in [3.8, 4) is 0 Å². The first-order chi connectivity index (χ1) is 5.22. The van der Waals surface area contributed by atoms with E-state index in [9.17, 15) is 0 Å². The van der Waals surface area contributed by atoms with Crippen molar-refractivity contribution in [2.24, 2.45) is 15.9 Å². The van der Waals surface area contributed by atoms with Crippen molar-refractivity contribution >= 4 is 11.9 Å². The number of hydrogen-bond donors (Lipinski definition) is 0. The van der Waals surface area contributed by atoms with Crippen molar-refractivity contribution in [1.82, 2.24) is 0 Å². The molecule has 0 aromatic rings.